The predicted octanol–water partition coefficient (Wildman–Crippen LogP) is 2.41. The van der Waals surface area contributed by atoms with Crippen molar-refractivity contribution >= 4 is 11.4 Å². The van der Waals surface area contributed by atoms with E-state index in [0.717, 1.165) is 31.1 Å². The second-order valence-corrected chi connectivity index (χ2v) is 4.92. The maximum absolute atomic E-state index is 10.7. The maximum atomic E-state index is 10.7. The minimum atomic E-state index is -0.444. The van der Waals surface area contributed by atoms with Crippen molar-refractivity contribution < 1.29 is 4.92 Å². The van der Waals surface area contributed by atoms with E-state index in [1.807, 2.05) is 0 Å². The number of nitrogen functional groups attached to an aromatic ring is 1. The van der Waals surface area contributed by atoms with Crippen LogP contribution in [0.4, 0.5) is 11.4 Å². The van der Waals surface area contributed by atoms with Crippen molar-refractivity contribution in [3.63, 3.8) is 0 Å². The highest BCUT2D eigenvalue weighted by atomic mass is 16.6. The number of nitro benzene ring substituents is 1. The highest BCUT2D eigenvalue weighted by Crippen LogP contribution is 2.30. The number of nitrogens with zero attached hydrogens (tertiary/aromatic N) is 2. The second kappa shape index (κ2) is 5.35. The van der Waals surface area contributed by atoms with E-state index in [2.05, 4.69) is 11.8 Å². The van der Waals surface area contributed by atoms with Crippen molar-refractivity contribution in [3.8, 4) is 0 Å². The highest BCUT2D eigenvalue weighted by molar-refractivity contribution is 5.59. The first-order chi connectivity index (χ1) is 8.60. The Morgan fingerprint density at radius 2 is 2.22 bits per heavy atom. The molecule has 0 saturated heterocycles. The number of hydrogen-bond acceptors (Lipinski definition) is 4. The van der Waals surface area contributed by atoms with E-state index >= 15 is 0 Å². The van der Waals surface area contributed by atoms with Crippen molar-refractivity contribution in [1.29, 1.82) is 0 Å². The molecule has 0 aromatic heterocycles. The van der Waals surface area contributed by atoms with Crippen molar-refractivity contribution in [2.24, 2.45) is 5.92 Å². The minimum absolute atomic E-state index is 0.0102. The lowest BCUT2D eigenvalue weighted by molar-refractivity contribution is -0.383. The summed E-state index contributed by atoms with van der Waals surface area (Å²) in [5, 5.41) is 10.7. The third-order valence-electron chi connectivity index (χ3n) is 3.36. The predicted molar refractivity (Wildman–Crippen MR) is 71.2 cm³/mol. The molecule has 0 radical (unpaired) electrons. The Bertz CT molecular complexity index is 444. The SMILES string of the molecule is CCN(Cc1ccc([N+](=O)[O-])c(N)c1)CC1CC1. The van der Waals surface area contributed by atoms with E-state index in [0.29, 0.717) is 0 Å². The van der Waals surface area contributed by atoms with Gasteiger partial charge in [-0.1, -0.05) is 13.0 Å². The molecule has 1 saturated carbocycles. The van der Waals surface area contributed by atoms with Crippen LogP contribution in [0.1, 0.15) is 25.3 Å². The summed E-state index contributed by atoms with van der Waals surface area (Å²) in [5.74, 6) is 0.848. The Hall–Kier alpha value is -1.62. The lowest BCUT2D eigenvalue weighted by Crippen LogP contribution is -2.25. The fourth-order valence-corrected chi connectivity index (χ4v) is 2.10. The highest BCUT2D eigenvalue weighted by Gasteiger charge is 2.23. The molecule has 1 aromatic carbocycles. The molecule has 1 aromatic rings. The van der Waals surface area contributed by atoms with Gasteiger partial charge in [0.2, 0.25) is 0 Å². The molecule has 18 heavy (non-hydrogen) atoms. The fraction of sp³-hybridized carbons (Fsp3) is 0.538. The van der Waals surface area contributed by atoms with Crippen LogP contribution < -0.4 is 5.73 Å². The number of rotatable bonds is 6. The first-order valence-corrected chi connectivity index (χ1v) is 6.35. The number of nitrogens with two attached hydrogens (primary N) is 1. The van der Waals surface area contributed by atoms with Crippen LogP contribution in [0, 0.1) is 16.0 Å². The molecular weight excluding hydrogens is 230 g/mol. The fourth-order valence-electron chi connectivity index (χ4n) is 2.10. The van der Waals surface area contributed by atoms with Gasteiger partial charge in [-0.15, -0.1) is 0 Å². The normalized spacial score (nSPS) is 15.0. The molecule has 2 N–H and O–H groups in total. The smallest absolute Gasteiger partial charge is 0.292 e. The average Bonchev–Trinajstić information content (AvgIpc) is 3.11. The molecule has 0 heterocycles. The Labute approximate surface area is 107 Å². The van der Waals surface area contributed by atoms with Gasteiger partial charge < -0.3 is 5.73 Å². The quantitative estimate of drug-likeness (QED) is 0.477. The molecule has 0 aliphatic heterocycles. The van der Waals surface area contributed by atoms with Crippen molar-refractivity contribution in [2.45, 2.75) is 26.3 Å². The van der Waals surface area contributed by atoms with E-state index in [1.165, 1.54) is 18.9 Å². The molecule has 0 bridgehead atoms. The Morgan fingerprint density at radius 1 is 1.50 bits per heavy atom. The van der Waals surface area contributed by atoms with E-state index < -0.39 is 4.92 Å². The van der Waals surface area contributed by atoms with Gasteiger partial charge in [0.05, 0.1) is 4.92 Å². The molecule has 98 valence electrons. The van der Waals surface area contributed by atoms with Crippen LogP contribution >= 0.6 is 0 Å². The van der Waals surface area contributed by atoms with Crippen LogP contribution in [-0.2, 0) is 6.54 Å². The van der Waals surface area contributed by atoms with Crippen LogP contribution in [0.3, 0.4) is 0 Å². The number of benzene rings is 1. The van der Waals surface area contributed by atoms with Crippen molar-refractivity contribution in [1.82, 2.24) is 4.90 Å². The summed E-state index contributed by atoms with van der Waals surface area (Å²) in [6.45, 7) is 5.06. The monoisotopic (exact) mass is 249 g/mol. The summed E-state index contributed by atoms with van der Waals surface area (Å²) in [7, 11) is 0. The van der Waals surface area contributed by atoms with Crippen LogP contribution in [0.15, 0.2) is 18.2 Å². The zero-order valence-electron chi connectivity index (χ0n) is 10.6. The van der Waals surface area contributed by atoms with Crippen LogP contribution in [0.25, 0.3) is 0 Å². The number of hydrogen-bond donors (Lipinski definition) is 1. The topological polar surface area (TPSA) is 72.4 Å². The van der Waals surface area contributed by atoms with Gasteiger partial charge in [-0.25, -0.2) is 0 Å². The molecule has 0 spiro atoms. The van der Waals surface area contributed by atoms with Gasteiger partial charge >= 0.3 is 0 Å². The van der Waals surface area contributed by atoms with Gasteiger partial charge in [0.25, 0.3) is 5.69 Å². The second-order valence-electron chi connectivity index (χ2n) is 4.92. The molecule has 5 heteroatoms. The standard InChI is InChI=1S/C13H19N3O2/c1-2-15(8-10-3-4-10)9-11-5-6-13(16(17)18)12(14)7-11/h5-7,10H,2-4,8-9,14H2,1H3. The Morgan fingerprint density at radius 3 is 2.72 bits per heavy atom. The molecule has 0 atom stereocenters. The lowest BCUT2D eigenvalue weighted by Gasteiger charge is -2.20. The molecule has 2 rings (SSSR count). The third kappa shape index (κ3) is 3.20. The lowest BCUT2D eigenvalue weighted by atomic mass is 10.1. The van der Waals surface area contributed by atoms with E-state index in [-0.39, 0.29) is 11.4 Å². The molecule has 5 nitrogen and oxygen atoms in total. The van der Waals surface area contributed by atoms with E-state index in [9.17, 15) is 10.1 Å². The first kappa shape index (κ1) is 12.8. The van der Waals surface area contributed by atoms with Crippen LogP contribution in [-0.4, -0.2) is 22.9 Å². The van der Waals surface area contributed by atoms with E-state index in [1.54, 1.807) is 12.1 Å². The average molecular weight is 249 g/mol. The first-order valence-electron chi connectivity index (χ1n) is 6.35. The summed E-state index contributed by atoms with van der Waals surface area (Å²) >= 11 is 0. The number of anilines is 1. The molecule has 1 aliphatic rings. The van der Waals surface area contributed by atoms with Crippen LogP contribution in [0.2, 0.25) is 0 Å². The van der Waals surface area contributed by atoms with Gasteiger partial charge in [-0.2, -0.15) is 0 Å². The summed E-state index contributed by atoms with van der Waals surface area (Å²) < 4.78 is 0. The van der Waals surface area contributed by atoms with Gasteiger partial charge in [0, 0.05) is 19.2 Å². The largest absolute Gasteiger partial charge is 0.393 e. The summed E-state index contributed by atoms with van der Waals surface area (Å²) in [4.78, 5) is 12.6. The molecule has 1 fully saturated rings. The molecule has 0 unspecified atom stereocenters. The third-order valence-corrected chi connectivity index (χ3v) is 3.36. The van der Waals surface area contributed by atoms with Gasteiger partial charge in [-0.05, 0) is 36.9 Å². The molecule has 0 amide bonds. The van der Waals surface area contributed by atoms with Crippen molar-refractivity contribution in [2.75, 3.05) is 18.8 Å². The Balaban J connectivity index is 2.03. The summed E-state index contributed by atoms with van der Waals surface area (Å²) in [6, 6.07) is 5.01. The number of nitro groups is 1. The van der Waals surface area contributed by atoms with Crippen LogP contribution in [0.5, 0.6) is 0 Å². The zero-order chi connectivity index (χ0) is 13.1. The van der Waals surface area contributed by atoms with E-state index in [4.69, 9.17) is 5.73 Å². The van der Waals surface area contributed by atoms with Gasteiger partial charge in [-0.3, -0.25) is 15.0 Å². The summed E-state index contributed by atoms with van der Waals surface area (Å²) in [5.41, 5.74) is 6.97. The van der Waals surface area contributed by atoms with Gasteiger partial charge in [0.1, 0.15) is 5.69 Å². The molecular formula is C13H19N3O2. The van der Waals surface area contributed by atoms with Gasteiger partial charge in [0.15, 0.2) is 0 Å². The Kier molecular flexibility index (Phi) is 3.81. The maximum Gasteiger partial charge on any atom is 0.292 e. The minimum Gasteiger partial charge on any atom is -0.393 e. The summed E-state index contributed by atoms with van der Waals surface area (Å²) in [6.07, 6.45) is 2.66. The van der Waals surface area contributed by atoms with Crippen molar-refractivity contribution in [3.05, 3.63) is 33.9 Å². The zero-order valence-corrected chi connectivity index (χ0v) is 10.6. The molecule has 1 aliphatic carbocycles.